The number of amides is 1. The molecule has 0 saturated carbocycles. The maximum atomic E-state index is 12.2. The van der Waals surface area contributed by atoms with Crippen molar-refractivity contribution < 1.29 is 19.0 Å². The molecule has 0 aliphatic carbocycles. The number of hydrogen-bond donors (Lipinski definition) is 1. The van der Waals surface area contributed by atoms with Crippen molar-refractivity contribution in [2.75, 3.05) is 46.5 Å². The summed E-state index contributed by atoms with van der Waals surface area (Å²) < 4.78 is 20.8. The van der Waals surface area contributed by atoms with Gasteiger partial charge in [0.1, 0.15) is 11.5 Å². The summed E-state index contributed by atoms with van der Waals surface area (Å²) in [5, 5.41) is 3.47. The summed E-state index contributed by atoms with van der Waals surface area (Å²) in [6.07, 6.45) is 0.948. The van der Waals surface area contributed by atoms with Gasteiger partial charge in [-0.15, -0.1) is 0 Å². The molecular formula is C24H28N4O4S. The molecule has 174 valence electrons. The molecule has 1 fully saturated rings. The van der Waals surface area contributed by atoms with Gasteiger partial charge in [0.25, 0.3) is 5.19 Å². The van der Waals surface area contributed by atoms with Crippen molar-refractivity contribution in [2.45, 2.75) is 12.8 Å². The Morgan fingerprint density at radius 1 is 1.12 bits per heavy atom. The van der Waals surface area contributed by atoms with Crippen molar-refractivity contribution in [3.05, 3.63) is 65.5 Å². The molecule has 0 atom stereocenters. The molecule has 1 amide bonds. The van der Waals surface area contributed by atoms with Crippen LogP contribution in [0.4, 0.5) is 0 Å². The Kier molecular flexibility index (Phi) is 8.24. The number of ether oxygens (including phenoxy) is 3. The summed E-state index contributed by atoms with van der Waals surface area (Å²) >= 11 is 1.22. The highest BCUT2D eigenvalue weighted by Crippen LogP contribution is 2.25. The summed E-state index contributed by atoms with van der Waals surface area (Å²) in [6, 6.07) is 15.3. The Morgan fingerprint density at radius 2 is 1.94 bits per heavy atom. The van der Waals surface area contributed by atoms with Crippen LogP contribution in [0.1, 0.15) is 17.0 Å². The quantitative estimate of drug-likeness (QED) is 0.490. The van der Waals surface area contributed by atoms with Crippen LogP contribution in [-0.4, -0.2) is 66.7 Å². The largest absolute Gasteiger partial charge is 0.497 e. The van der Waals surface area contributed by atoms with Gasteiger partial charge in [-0.25, -0.2) is 0 Å². The monoisotopic (exact) mass is 468 g/mol. The van der Waals surface area contributed by atoms with Crippen LogP contribution >= 0.6 is 11.5 Å². The lowest BCUT2D eigenvalue weighted by molar-refractivity contribution is -0.120. The molecule has 9 heteroatoms. The molecule has 1 saturated heterocycles. The second-order valence-electron chi connectivity index (χ2n) is 7.73. The first kappa shape index (κ1) is 23.2. The highest BCUT2D eigenvalue weighted by atomic mass is 32.1. The van der Waals surface area contributed by atoms with Gasteiger partial charge >= 0.3 is 0 Å². The number of carbonyl (C=O) groups excluding carboxylic acids is 1. The molecule has 2 heterocycles. The first-order chi connectivity index (χ1) is 16.2. The number of nitrogens with one attached hydrogen (secondary N) is 1. The van der Waals surface area contributed by atoms with Crippen molar-refractivity contribution in [2.24, 2.45) is 0 Å². The summed E-state index contributed by atoms with van der Waals surface area (Å²) in [5.41, 5.74) is 2.01. The Bertz CT molecular complexity index is 1030. The van der Waals surface area contributed by atoms with Gasteiger partial charge in [0.2, 0.25) is 5.91 Å². The van der Waals surface area contributed by atoms with Gasteiger partial charge in [0.05, 0.1) is 26.7 Å². The van der Waals surface area contributed by atoms with Crippen molar-refractivity contribution >= 4 is 17.4 Å². The fraction of sp³-hybridized carbons (Fsp3) is 0.375. The lowest BCUT2D eigenvalue weighted by atomic mass is 10.1. The second kappa shape index (κ2) is 11.7. The van der Waals surface area contributed by atoms with Gasteiger partial charge in [-0.2, -0.15) is 9.36 Å². The van der Waals surface area contributed by atoms with E-state index in [-0.39, 0.29) is 5.91 Å². The average molecular weight is 469 g/mol. The number of carbonyl (C=O) groups is 1. The van der Waals surface area contributed by atoms with E-state index in [0.29, 0.717) is 36.2 Å². The molecular weight excluding hydrogens is 440 g/mol. The van der Waals surface area contributed by atoms with Crippen molar-refractivity contribution in [3.8, 4) is 16.7 Å². The van der Waals surface area contributed by atoms with Crippen LogP contribution in [0.15, 0.2) is 48.5 Å². The molecule has 4 rings (SSSR count). The van der Waals surface area contributed by atoms with Gasteiger partial charge in [-0.3, -0.25) is 9.69 Å². The van der Waals surface area contributed by atoms with Crippen LogP contribution < -0.4 is 14.8 Å². The lowest BCUT2D eigenvalue weighted by Crippen LogP contribution is -2.41. The van der Waals surface area contributed by atoms with Crippen LogP contribution in [-0.2, 0) is 22.4 Å². The molecule has 0 spiro atoms. The Morgan fingerprint density at radius 3 is 2.73 bits per heavy atom. The first-order valence-electron chi connectivity index (χ1n) is 11.0. The smallest absolute Gasteiger partial charge is 0.298 e. The topological polar surface area (TPSA) is 85.8 Å². The molecule has 2 aromatic carbocycles. The molecule has 3 aromatic rings. The third-order valence-electron chi connectivity index (χ3n) is 5.29. The van der Waals surface area contributed by atoms with E-state index in [4.69, 9.17) is 14.2 Å². The molecule has 1 aromatic heterocycles. The number of hydrogen-bond acceptors (Lipinski definition) is 8. The van der Waals surface area contributed by atoms with Crippen molar-refractivity contribution in [1.29, 1.82) is 0 Å². The van der Waals surface area contributed by atoms with Gasteiger partial charge in [-0.1, -0.05) is 24.3 Å². The Hall–Kier alpha value is -3.01. The van der Waals surface area contributed by atoms with Gasteiger partial charge in [0.15, 0.2) is 5.82 Å². The van der Waals surface area contributed by atoms with Gasteiger partial charge in [-0.05, 0) is 35.4 Å². The van der Waals surface area contributed by atoms with Crippen LogP contribution in [0.3, 0.4) is 0 Å². The second-order valence-corrected chi connectivity index (χ2v) is 8.45. The molecule has 1 N–H and O–H groups in total. The molecule has 33 heavy (non-hydrogen) atoms. The number of aromatic nitrogens is 2. The maximum absolute atomic E-state index is 12.2. The minimum atomic E-state index is 0.0169. The highest BCUT2D eigenvalue weighted by Gasteiger charge is 2.11. The zero-order valence-electron chi connectivity index (χ0n) is 18.7. The first-order valence-corrected chi connectivity index (χ1v) is 11.7. The number of methoxy groups -OCH3 is 1. The van der Waals surface area contributed by atoms with E-state index in [1.54, 1.807) is 7.11 Å². The fourth-order valence-corrected chi connectivity index (χ4v) is 4.09. The Balaban J connectivity index is 1.22. The van der Waals surface area contributed by atoms with E-state index in [1.807, 2.05) is 48.5 Å². The van der Waals surface area contributed by atoms with E-state index in [9.17, 15) is 4.79 Å². The third kappa shape index (κ3) is 7.24. The third-order valence-corrected chi connectivity index (χ3v) is 5.93. The lowest BCUT2D eigenvalue weighted by Gasteiger charge is -2.26. The summed E-state index contributed by atoms with van der Waals surface area (Å²) in [5.74, 6) is 2.19. The predicted octanol–water partition coefficient (Wildman–Crippen LogP) is 2.92. The van der Waals surface area contributed by atoms with Crippen LogP contribution in [0, 0.1) is 0 Å². The van der Waals surface area contributed by atoms with E-state index >= 15 is 0 Å². The maximum Gasteiger partial charge on any atom is 0.298 e. The molecule has 8 nitrogen and oxygen atoms in total. The molecule has 0 radical (unpaired) electrons. The highest BCUT2D eigenvalue weighted by molar-refractivity contribution is 7.07. The van der Waals surface area contributed by atoms with Gasteiger partial charge in [0, 0.05) is 44.1 Å². The van der Waals surface area contributed by atoms with E-state index < -0.39 is 0 Å². The predicted molar refractivity (Wildman–Crippen MR) is 126 cm³/mol. The SMILES string of the molecule is COc1cccc(Cc2nsc(Oc3ccc(CC(=O)NCCN4CCOCC4)cc3)n2)c1. The van der Waals surface area contributed by atoms with Gasteiger partial charge < -0.3 is 19.5 Å². The minimum absolute atomic E-state index is 0.0169. The molecule has 0 bridgehead atoms. The van der Waals surface area contributed by atoms with Crippen molar-refractivity contribution in [1.82, 2.24) is 19.6 Å². The number of rotatable bonds is 10. The normalized spacial score (nSPS) is 14.1. The van der Waals surface area contributed by atoms with Crippen LogP contribution in [0.25, 0.3) is 0 Å². The molecule has 1 aliphatic heterocycles. The van der Waals surface area contributed by atoms with E-state index in [1.165, 1.54) is 11.5 Å². The van der Waals surface area contributed by atoms with Crippen molar-refractivity contribution in [3.63, 3.8) is 0 Å². The number of benzene rings is 2. The van der Waals surface area contributed by atoms with E-state index in [2.05, 4.69) is 19.6 Å². The van der Waals surface area contributed by atoms with Crippen LogP contribution in [0.5, 0.6) is 16.7 Å². The molecule has 0 unspecified atom stereocenters. The number of nitrogens with zero attached hydrogens (tertiary/aromatic N) is 3. The summed E-state index contributed by atoms with van der Waals surface area (Å²) in [6.45, 7) is 4.88. The fourth-order valence-electron chi connectivity index (χ4n) is 3.52. The summed E-state index contributed by atoms with van der Waals surface area (Å²) in [7, 11) is 1.65. The minimum Gasteiger partial charge on any atom is -0.497 e. The Labute approximate surface area is 197 Å². The zero-order valence-corrected chi connectivity index (χ0v) is 19.5. The molecule has 1 aliphatic rings. The summed E-state index contributed by atoms with van der Waals surface area (Å²) in [4.78, 5) is 19.0. The standard InChI is InChI=1S/C24H28N4O4S/c1-30-21-4-2-3-19(15-21)16-22-26-24(33-27-22)32-20-7-5-18(6-8-20)17-23(29)25-9-10-28-11-13-31-14-12-28/h2-8,15H,9-14,16-17H2,1H3,(H,25,29). The average Bonchev–Trinajstić information content (AvgIpc) is 3.27. The van der Waals surface area contributed by atoms with E-state index in [0.717, 1.165) is 49.7 Å². The zero-order chi connectivity index (χ0) is 22.9. The van der Waals surface area contributed by atoms with Crippen LogP contribution in [0.2, 0.25) is 0 Å². The number of morpholine rings is 1.